The summed E-state index contributed by atoms with van der Waals surface area (Å²) < 4.78 is 0. The smallest absolute Gasteiger partial charge is 0.128 e. The van der Waals surface area contributed by atoms with E-state index < -0.39 is 0 Å². The Morgan fingerprint density at radius 2 is 2.17 bits per heavy atom. The number of nitrogens with zero attached hydrogens (tertiary/aromatic N) is 2. The maximum Gasteiger partial charge on any atom is 0.128 e. The van der Waals surface area contributed by atoms with Crippen LogP contribution in [0.3, 0.4) is 0 Å². The molecule has 0 radical (unpaired) electrons. The van der Waals surface area contributed by atoms with Crippen LogP contribution in [0.4, 0.5) is 5.82 Å². The lowest BCUT2D eigenvalue weighted by Gasteiger charge is -2.18. The quantitative estimate of drug-likeness (QED) is 0.767. The van der Waals surface area contributed by atoms with Crippen molar-refractivity contribution in [2.45, 2.75) is 40.2 Å². The second kappa shape index (κ2) is 8.09. The van der Waals surface area contributed by atoms with Crippen LogP contribution >= 0.6 is 0 Å². The molecule has 1 N–H and O–H groups in total. The predicted molar refractivity (Wildman–Crippen MR) is 79.0 cm³/mol. The average molecular weight is 249 g/mol. The third-order valence-electron chi connectivity index (χ3n) is 2.93. The minimum atomic E-state index is 0.693. The zero-order chi connectivity index (χ0) is 13.4. The van der Waals surface area contributed by atoms with E-state index in [9.17, 15) is 0 Å². The maximum absolute atomic E-state index is 4.43. The SMILES string of the molecule is CCCCN(C)c1cc(CNCC(C)C)ccn1. The van der Waals surface area contributed by atoms with E-state index in [4.69, 9.17) is 0 Å². The standard InChI is InChI=1S/C15H27N3/c1-5-6-9-18(4)15-10-14(7-8-17-15)12-16-11-13(2)3/h7-8,10,13,16H,5-6,9,11-12H2,1-4H3. The molecule has 3 nitrogen and oxygen atoms in total. The van der Waals surface area contributed by atoms with E-state index >= 15 is 0 Å². The van der Waals surface area contributed by atoms with Crippen molar-refractivity contribution in [1.82, 2.24) is 10.3 Å². The highest BCUT2D eigenvalue weighted by molar-refractivity contribution is 5.39. The lowest BCUT2D eigenvalue weighted by atomic mass is 10.2. The largest absolute Gasteiger partial charge is 0.360 e. The first-order valence-electron chi connectivity index (χ1n) is 7.00. The van der Waals surface area contributed by atoms with Crippen LogP contribution < -0.4 is 10.2 Å². The van der Waals surface area contributed by atoms with E-state index in [1.807, 2.05) is 6.20 Å². The normalized spacial score (nSPS) is 10.9. The van der Waals surface area contributed by atoms with Crippen LogP contribution in [0.15, 0.2) is 18.3 Å². The van der Waals surface area contributed by atoms with Gasteiger partial charge in [0.2, 0.25) is 0 Å². The Morgan fingerprint density at radius 3 is 2.83 bits per heavy atom. The molecule has 0 atom stereocenters. The van der Waals surface area contributed by atoms with Gasteiger partial charge in [-0.15, -0.1) is 0 Å². The summed E-state index contributed by atoms with van der Waals surface area (Å²) in [6.45, 7) is 9.73. The highest BCUT2D eigenvalue weighted by atomic mass is 15.2. The molecule has 0 aliphatic heterocycles. The van der Waals surface area contributed by atoms with Crippen molar-refractivity contribution in [2.75, 3.05) is 25.0 Å². The summed E-state index contributed by atoms with van der Waals surface area (Å²) in [7, 11) is 2.11. The average Bonchev–Trinajstić information content (AvgIpc) is 2.36. The lowest BCUT2D eigenvalue weighted by molar-refractivity contribution is 0.552. The van der Waals surface area contributed by atoms with E-state index in [0.29, 0.717) is 5.92 Å². The highest BCUT2D eigenvalue weighted by Crippen LogP contribution is 2.11. The highest BCUT2D eigenvalue weighted by Gasteiger charge is 2.03. The summed E-state index contributed by atoms with van der Waals surface area (Å²) in [6, 6.07) is 4.27. The van der Waals surface area contributed by atoms with Gasteiger partial charge in [-0.05, 0) is 36.6 Å². The minimum Gasteiger partial charge on any atom is -0.360 e. The van der Waals surface area contributed by atoms with Gasteiger partial charge in [-0.3, -0.25) is 0 Å². The molecule has 1 rings (SSSR count). The van der Waals surface area contributed by atoms with Crippen LogP contribution in [0, 0.1) is 5.92 Å². The van der Waals surface area contributed by atoms with Crippen LogP contribution in [0.5, 0.6) is 0 Å². The van der Waals surface area contributed by atoms with Gasteiger partial charge < -0.3 is 10.2 Å². The Morgan fingerprint density at radius 1 is 1.39 bits per heavy atom. The summed E-state index contributed by atoms with van der Waals surface area (Å²) in [6.07, 6.45) is 4.35. The summed E-state index contributed by atoms with van der Waals surface area (Å²) in [4.78, 5) is 6.67. The van der Waals surface area contributed by atoms with E-state index in [-0.39, 0.29) is 0 Å². The predicted octanol–water partition coefficient (Wildman–Crippen LogP) is 3.06. The van der Waals surface area contributed by atoms with Crippen LogP contribution in [0.1, 0.15) is 39.2 Å². The molecule has 1 heterocycles. The number of nitrogens with one attached hydrogen (secondary N) is 1. The Labute approximate surface area is 112 Å². The zero-order valence-corrected chi connectivity index (χ0v) is 12.2. The van der Waals surface area contributed by atoms with Gasteiger partial charge in [-0.1, -0.05) is 27.2 Å². The van der Waals surface area contributed by atoms with Crippen LogP contribution in [-0.4, -0.2) is 25.1 Å². The van der Waals surface area contributed by atoms with Gasteiger partial charge in [0.1, 0.15) is 5.82 Å². The molecule has 18 heavy (non-hydrogen) atoms. The molecular weight excluding hydrogens is 222 g/mol. The van der Waals surface area contributed by atoms with Crippen molar-refractivity contribution in [1.29, 1.82) is 0 Å². The van der Waals surface area contributed by atoms with Gasteiger partial charge >= 0.3 is 0 Å². The first-order chi connectivity index (χ1) is 8.63. The molecule has 1 aromatic heterocycles. The van der Waals surface area contributed by atoms with Crippen LogP contribution in [-0.2, 0) is 6.54 Å². The van der Waals surface area contributed by atoms with Crippen molar-refractivity contribution in [3.05, 3.63) is 23.9 Å². The number of hydrogen-bond acceptors (Lipinski definition) is 3. The minimum absolute atomic E-state index is 0.693. The van der Waals surface area contributed by atoms with E-state index in [1.165, 1.54) is 18.4 Å². The number of hydrogen-bond donors (Lipinski definition) is 1. The molecule has 0 bridgehead atoms. The number of unbranched alkanes of at least 4 members (excludes halogenated alkanes) is 1. The van der Waals surface area contributed by atoms with Crippen molar-refractivity contribution in [2.24, 2.45) is 5.92 Å². The Hall–Kier alpha value is -1.09. The third-order valence-corrected chi connectivity index (χ3v) is 2.93. The molecule has 0 amide bonds. The molecule has 0 fully saturated rings. The molecule has 1 aromatic rings. The molecule has 0 aromatic carbocycles. The summed E-state index contributed by atoms with van der Waals surface area (Å²) in [5, 5.41) is 3.46. The van der Waals surface area contributed by atoms with E-state index in [0.717, 1.165) is 25.5 Å². The molecule has 0 aliphatic carbocycles. The number of pyridine rings is 1. The van der Waals surface area contributed by atoms with Gasteiger partial charge in [-0.25, -0.2) is 4.98 Å². The number of anilines is 1. The molecule has 102 valence electrons. The van der Waals surface area contributed by atoms with E-state index in [1.54, 1.807) is 0 Å². The van der Waals surface area contributed by atoms with Crippen molar-refractivity contribution >= 4 is 5.82 Å². The van der Waals surface area contributed by atoms with Crippen LogP contribution in [0.25, 0.3) is 0 Å². The van der Waals surface area contributed by atoms with E-state index in [2.05, 4.69) is 55.2 Å². The van der Waals surface area contributed by atoms with Gasteiger partial charge in [0.25, 0.3) is 0 Å². The van der Waals surface area contributed by atoms with Crippen molar-refractivity contribution < 1.29 is 0 Å². The van der Waals surface area contributed by atoms with Crippen molar-refractivity contribution in [3.8, 4) is 0 Å². The summed E-state index contributed by atoms with van der Waals surface area (Å²) in [5.41, 5.74) is 1.31. The van der Waals surface area contributed by atoms with Gasteiger partial charge in [0.15, 0.2) is 0 Å². The second-order valence-electron chi connectivity index (χ2n) is 5.32. The Kier molecular flexibility index (Phi) is 6.73. The fraction of sp³-hybridized carbons (Fsp3) is 0.667. The Balaban J connectivity index is 2.50. The topological polar surface area (TPSA) is 28.2 Å². The molecule has 0 saturated heterocycles. The fourth-order valence-corrected chi connectivity index (χ4v) is 1.79. The molecule has 0 unspecified atom stereocenters. The molecule has 0 spiro atoms. The zero-order valence-electron chi connectivity index (χ0n) is 12.2. The maximum atomic E-state index is 4.43. The number of rotatable bonds is 8. The van der Waals surface area contributed by atoms with Gasteiger partial charge in [0, 0.05) is 26.3 Å². The second-order valence-corrected chi connectivity index (χ2v) is 5.32. The monoisotopic (exact) mass is 249 g/mol. The third kappa shape index (κ3) is 5.50. The van der Waals surface area contributed by atoms with Gasteiger partial charge in [-0.2, -0.15) is 0 Å². The summed E-state index contributed by atoms with van der Waals surface area (Å²) in [5.74, 6) is 1.77. The van der Waals surface area contributed by atoms with Crippen molar-refractivity contribution in [3.63, 3.8) is 0 Å². The molecule has 0 saturated carbocycles. The fourth-order valence-electron chi connectivity index (χ4n) is 1.79. The number of aromatic nitrogens is 1. The molecule has 0 aliphatic rings. The van der Waals surface area contributed by atoms with Crippen LogP contribution in [0.2, 0.25) is 0 Å². The summed E-state index contributed by atoms with van der Waals surface area (Å²) >= 11 is 0. The Bertz CT molecular complexity index is 336. The lowest BCUT2D eigenvalue weighted by Crippen LogP contribution is -2.21. The molecular formula is C15H27N3. The van der Waals surface area contributed by atoms with Gasteiger partial charge in [0.05, 0.1) is 0 Å². The first-order valence-corrected chi connectivity index (χ1v) is 7.00. The first kappa shape index (κ1) is 15.0. The molecule has 3 heteroatoms.